The highest BCUT2D eigenvalue weighted by molar-refractivity contribution is 5.97. The molecule has 1 saturated carbocycles. The highest BCUT2D eigenvalue weighted by Crippen LogP contribution is 2.68. The van der Waals surface area contributed by atoms with Gasteiger partial charge in [-0.1, -0.05) is 26.7 Å². The molecule has 1 aliphatic carbocycles. The fourth-order valence-electron chi connectivity index (χ4n) is 2.87. The maximum absolute atomic E-state index is 11.5. The van der Waals surface area contributed by atoms with Gasteiger partial charge in [-0.3, -0.25) is 9.59 Å². The molecule has 0 heterocycles. The molecule has 4 N–H and O–H groups in total. The molecule has 0 aromatic rings. The van der Waals surface area contributed by atoms with E-state index in [0.29, 0.717) is 19.3 Å². The second-order valence-electron chi connectivity index (χ2n) is 4.57. The molecule has 1 aliphatic rings. The van der Waals surface area contributed by atoms with Gasteiger partial charge in [-0.05, 0) is 19.3 Å². The fourth-order valence-corrected chi connectivity index (χ4v) is 2.87. The summed E-state index contributed by atoms with van der Waals surface area (Å²) in [6, 6.07) is 0. The van der Waals surface area contributed by atoms with Crippen molar-refractivity contribution in [2.24, 2.45) is 22.3 Å². The van der Waals surface area contributed by atoms with Gasteiger partial charge >= 0.3 is 0 Å². The molecule has 4 nitrogen and oxygen atoms in total. The van der Waals surface area contributed by atoms with E-state index in [1.807, 2.05) is 13.8 Å². The molecule has 86 valence electrons. The summed E-state index contributed by atoms with van der Waals surface area (Å²) in [6.07, 6.45) is 3.59. The second-order valence-corrected chi connectivity index (χ2v) is 4.57. The third kappa shape index (κ3) is 1.52. The molecule has 2 atom stereocenters. The predicted molar refractivity (Wildman–Crippen MR) is 57.7 cm³/mol. The van der Waals surface area contributed by atoms with Gasteiger partial charge in [0.2, 0.25) is 11.8 Å². The van der Waals surface area contributed by atoms with Crippen molar-refractivity contribution in [2.75, 3.05) is 0 Å². The summed E-state index contributed by atoms with van der Waals surface area (Å²) in [5.74, 6) is -0.729. The minimum Gasteiger partial charge on any atom is -0.369 e. The van der Waals surface area contributed by atoms with Crippen LogP contribution in [0.2, 0.25) is 0 Å². The Morgan fingerprint density at radius 2 is 1.33 bits per heavy atom. The van der Waals surface area contributed by atoms with Gasteiger partial charge in [-0.25, -0.2) is 0 Å². The molecule has 0 aliphatic heterocycles. The Balaban J connectivity index is 2.96. The first-order chi connectivity index (χ1) is 6.97. The van der Waals surface area contributed by atoms with E-state index in [-0.39, 0.29) is 11.8 Å². The number of carbonyl (C=O) groups is 2. The molecular weight excluding hydrogens is 192 g/mol. The van der Waals surface area contributed by atoms with E-state index in [4.69, 9.17) is 11.5 Å². The number of amides is 2. The Labute approximate surface area is 90.4 Å². The van der Waals surface area contributed by atoms with E-state index < -0.39 is 10.8 Å². The lowest BCUT2D eigenvalue weighted by Crippen LogP contribution is -2.37. The van der Waals surface area contributed by atoms with Gasteiger partial charge in [0.1, 0.15) is 0 Å². The summed E-state index contributed by atoms with van der Waals surface area (Å²) < 4.78 is 0. The van der Waals surface area contributed by atoms with Crippen molar-refractivity contribution in [3.8, 4) is 0 Å². The SMILES string of the molecule is CCCC1(C(N)=O)CC1(CCC)C(N)=O. The smallest absolute Gasteiger partial charge is 0.224 e. The molecule has 0 spiro atoms. The Bertz CT molecular complexity index is 262. The zero-order valence-corrected chi connectivity index (χ0v) is 9.51. The van der Waals surface area contributed by atoms with Crippen molar-refractivity contribution in [1.82, 2.24) is 0 Å². The molecule has 1 fully saturated rings. The van der Waals surface area contributed by atoms with Crippen molar-refractivity contribution >= 4 is 11.8 Å². The monoisotopic (exact) mass is 212 g/mol. The first kappa shape index (κ1) is 12.0. The summed E-state index contributed by atoms with van der Waals surface area (Å²) >= 11 is 0. The highest BCUT2D eigenvalue weighted by Gasteiger charge is 2.72. The van der Waals surface area contributed by atoms with Crippen LogP contribution in [0.15, 0.2) is 0 Å². The van der Waals surface area contributed by atoms with E-state index in [2.05, 4.69) is 0 Å². The van der Waals surface area contributed by atoms with Gasteiger partial charge in [0, 0.05) is 0 Å². The van der Waals surface area contributed by atoms with Crippen LogP contribution in [0.3, 0.4) is 0 Å². The molecular formula is C11H20N2O2. The molecule has 0 saturated heterocycles. The van der Waals surface area contributed by atoms with Crippen LogP contribution in [-0.2, 0) is 9.59 Å². The van der Waals surface area contributed by atoms with Crippen molar-refractivity contribution in [1.29, 1.82) is 0 Å². The number of hydrogen-bond donors (Lipinski definition) is 2. The molecule has 2 amide bonds. The highest BCUT2D eigenvalue weighted by atomic mass is 16.2. The van der Waals surface area contributed by atoms with Crippen molar-refractivity contribution in [2.45, 2.75) is 46.0 Å². The summed E-state index contributed by atoms with van der Waals surface area (Å²) in [6.45, 7) is 3.97. The molecule has 0 radical (unpaired) electrons. The minimum absolute atomic E-state index is 0.364. The van der Waals surface area contributed by atoms with Crippen LogP contribution >= 0.6 is 0 Å². The van der Waals surface area contributed by atoms with E-state index in [1.54, 1.807) is 0 Å². The number of nitrogens with two attached hydrogens (primary N) is 2. The molecule has 1 rings (SSSR count). The lowest BCUT2D eigenvalue weighted by Gasteiger charge is -2.20. The lowest BCUT2D eigenvalue weighted by molar-refractivity contribution is -0.132. The standard InChI is InChI=1S/C11H20N2O2/c1-3-5-10(8(12)14)7-11(10,6-4-2)9(13)15/h3-7H2,1-2H3,(H2,12,14)(H2,13,15). The lowest BCUT2D eigenvalue weighted by atomic mass is 9.84. The van der Waals surface area contributed by atoms with E-state index >= 15 is 0 Å². The van der Waals surface area contributed by atoms with Gasteiger partial charge < -0.3 is 11.5 Å². The Kier molecular flexibility index (Phi) is 3.07. The summed E-state index contributed by atoms with van der Waals surface area (Å²) in [7, 11) is 0. The van der Waals surface area contributed by atoms with E-state index in [1.165, 1.54) is 0 Å². The van der Waals surface area contributed by atoms with Gasteiger partial charge in [-0.15, -0.1) is 0 Å². The number of hydrogen-bond acceptors (Lipinski definition) is 2. The van der Waals surface area contributed by atoms with Crippen molar-refractivity contribution in [3.05, 3.63) is 0 Å². The van der Waals surface area contributed by atoms with Crippen molar-refractivity contribution in [3.63, 3.8) is 0 Å². The average Bonchev–Trinajstić information content (AvgIpc) is 2.78. The predicted octanol–water partition coefficient (Wildman–Crippen LogP) is 0.934. The zero-order chi connectivity index (χ0) is 11.7. The number of rotatable bonds is 6. The largest absolute Gasteiger partial charge is 0.369 e. The molecule has 4 heteroatoms. The summed E-state index contributed by atoms with van der Waals surface area (Å²) in [5, 5.41) is 0. The molecule has 0 aromatic heterocycles. The molecule has 15 heavy (non-hydrogen) atoms. The van der Waals surface area contributed by atoms with Crippen molar-refractivity contribution < 1.29 is 9.59 Å². The molecule has 0 aromatic carbocycles. The number of primary amides is 2. The van der Waals surface area contributed by atoms with Gasteiger partial charge in [-0.2, -0.15) is 0 Å². The van der Waals surface area contributed by atoms with Crippen LogP contribution in [0, 0.1) is 10.8 Å². The zero-order valence-electron chi connectivity index (χ0n) is 9.51. The third-order valence-corrected chi connectivity index (χ3v) is 3.69. The quantitative estimate of drug-likeness (QED) is 0.686. The fraction of sp³-hybridized carbons (Fsp3) is 0.818. The molecule has 2 unspecified atom stereocenters. The minimum atomic E-state index is -0.649. The summed E-state index contributed by atoms with van der Waals surface area (Å²) in [4.78, 5) is 23.0. The maximum atomic E-state index is 11.5. The van der Waals surface area contributed by atoms with Gasteiger partial charge in [0.15, 0.2) is 0 Å². The number of carbonyl (C=O) groups excluding carboxylic acids is 2. The van der Waals surface area contributed by atoms with Crippen LogP contribution in [0.1, 0.15) is 46.0 Å². The van der Waals surface area contributed by atoms with Gasteiger partial charge in [0.25, 0.3) is 0 Å². The maximum Gasteiger partial charge on any atom is 0.224 e. The van der Waals surface area contributed by atoms with Crippen LogP contribution in [-0.4, -0.2) is 11.8 Å². The van der Waals surface area contributed by atoms with E-state index in [0.717, 1.165) is 12.8 Å². The molecule has 0 bridgehead atoms. The first-order valence-corrected chi connectivity index (χ1v) is 5.56. The van der Waals surface area contributed by atoms with Gasteiger partial charge in [0.05, 0.1) is 10.8 Å². The second kappa shape index (κ2) is 3.83. The van der Waals surface area contributed by atoms with E-state index in [9.17, 15) is 9.59 Å². The topological polar surface area (TPSA) is 86.2 Å². The summed E-state index contributed by atoms with van der Waals surface area (Å²) in [5.41, 5.74) is 9.53. The van der Waals surface area contributed by atoms with Crippen LogP contribution in [0.5, 0.6) is 0 Å². The van der Waals surface area contributed by atoms with Crippen LogP contribution < -0.4 is 11.5 Å². The third-order valence-electron chi connectivity index (χ3n) is 3.69. The normalized spacial score (nSPS) is 33.7. The first-order valence-electron chi connectivity index (χ1n) is 5.56. The van der Waals surface area contributed by atoms with Crippen LogP contribution in [0.4, 0.5) is 0 Å². The Morgan fingerprint density at radius 1 is 1.00 bits per heavy atom. The van der Waals surface area contributed by atoms with Crippen LogP contribution in [0.25, 0.3) is 0 Å². The Morgan fingerprint density at radius 3 is 1.53 bits per heavy atom. The Hall–Kier alpha value is -1.06. The average molecular weight is 212 g/mol.